The van der Waals surface area contributed by atoms with Crippen molar-refractivity contribution in [2.45, 2.75) is 25.4 Å². The van der Waals surface area contributed by atoms with Crippen LogP contribution in [0.1, 0.15) is 17.0 Å². The SMILES string of the molecule is COc1ccc(OC)c(CNC(=O)CSc2nnc(C)c3c(C)n(-c4ccccc4)nc23)c1. The monoisotopic (exact) mass is 463 g/mol. The lowest BCUT2D eigenvalue weighted by molar-refractivity contribution is -0.118. The first-order valence-corrected chi connectivity index (χ1v) is 11.4. The van der Waals surface area contributed by atoms with Crippen LogP contribution in [0.5, 0.6) is 11.5 Å². The molecule has 0 saturated carbocycles. The van der Waals surface area contributed by atoms with E-state index >= 15 is 0 Å². The first-order valence-electron chi connectivity index (χ1n) is 10.4. The van der Waals surface area contributed by atoms with E-state index in [1.165, 1.54) is 11.8 Å². The van der Waals surface area contributed by atoms with E-state index in [1.807, 2.05) is 67.1 Å². The Morgan fingerprint density at radius 2 is 1.85 bits per heavy atom. The van der Waals surface area contributed by atoms with Gasteiger partial charge in [-0.15, -0.1) is 5.10 Å². The fraction of sp³-hybridized carbons (Fsp3) is 0.250. The van der Waals surface area contributed by atoms with Gasteiger partial charge in [-0.3, -0.25) is 4.79 Å². The number of hydrogen-bond acceptors (Lipinski definition) is 7. The van der Waals surface area contributed by atoms with Gasteiger partial charge in [-0.2, -0.15) is 10.2 Å². The van der Waals surface area contributed by atoms with E-state index in [9.17, 15) is 4.79 Å². The van der Waals surface area contributed by atoms with Gasteiger partial charge in [0.05, 0.1) is 37.0 Å². The molecule has 2 aromatic heterocycles. The largest absolute Gasteiger partial charge is 0.497 e. The number of rotatable bonds is 8. The molecule has 0 aliphatic heterocycles. The van der Waals surface area contributed by atoms with Gasteiger partial charge in [0.15, 0.2) is 0 Å². The second kappa shape index (κ2) is 9.91. The Balaban J connectivity index is 1.50. The van der Waals surface area contributed by atoms with Crippen molar-refractivity contribution in [3.8, 4) is 17.2 Å². The maximum Gasteiger partial charge on any atom is 0.230 e. The molecule has 2 aromatic carbocycles. The number of nitrogens with zero attached hydrogens (tertiary/aromatic N) is 4. The number of carbonyl (C=O) groups excluding carboxylic acids is 1. The third-order valence-electron chi connectivity index (χ3n) is 5.28. The normalized spacial score (nSPS) is 10.9. The van der Waals surface area contributed by atoms with Crippen LogP contribution in [-0.4, -0.2) is 45.9 Å². The highest BCUT2D eigenvalue weighted by molar-refractivity contribution is 8.00. The first-order chi connectivity index (χ1) is 16.0. The second-order valence-corrected chi connectivity index (χ2v) is 8.35. The van der Waals surface area contributed by atoms with Gasteiger partial charge in [-0.1, -0.05) is 30.0 Å². The molecule has 4 rings (SSSR count). The molecule has 0 aliphatic carbocycles. The lowest BCUT2D eigenvalue weighted by Crippen LogP contribution is -2.24. The second-order valence-electron chi connectivity index (χ2n) is 7.39. The number of hydrogen-bond donors (Lipinski definition) is 1. The van der Waals surface area contributed by atoms with E-state index in [0.29, 0.717) is 23.1 Å². The van der Waals surface area contributed by atoms with Gasteiger partial charge in [0, 0.05) is 17.5 Å². The number of ether oxygens (including phenoxy) is 2. The minimum atomic E-state index is -0.125. The Kier molecular flexibility index (Phi) is 6.79. The molecular weight excluding hydrogens is 438 g/mol. The van der Waals surface area contributed by atoms with Crippen molar-refractivity contribution in [2.75, 3.05) is 20.0 Å². The number of aromatic nitrogens is 4. The van der Waals surface area contributed by atoms with Gasteiger partial charge in [-0.05, 0) is 44.2 Å². The van der Waals surface area contributed by atoms with Gasteiger partial charge in [0.2, 0.25) is 5.91 Å². The number of thioether (sulfide) groups is 1. The molecule has 9 heteroatoms. The summed E-state index contributed by atoms with van der Waals surface area (Å²) < 4.78 is 12.5. The smallest absolute Gasteiger partial charge is 0.230 e. The zero-order chi connectivity index (χ0) is 23.4. The quantitative estimate of drug-likeness (QED) is 0.397. The number of fused-ring (bicyclic) bond motifs is 1. The summed E-state index contributed by atoms with van der Waals surface area (Å²) in [6.07, 6.45) is 0. The summed E-state index contributed by atoms with van der Waals surface area (Å²) in [6, 6.07) is 15.4. The Morgan fingerprint density at radius 1 is 1.06 bits per heavy atom. The molecule has 4 aromatic rings. The summed E-state index contributed by atoms with van der Waals surface area (Å²) in [6.45, 7) is 4.26. The van der Waals surface area contributed by atoms with Crippen molar-refractivity contribution in [3.63, 3.8) is 0 Å². The summed E-state index contributed by atoms with van der Waals surface area (Å²) in [7, 11) is 3.20. The van der Waals surface area contributed by atoms with E-state index < -0.39 is 0 Å². The van der Waals surface area contributed by atoms with Crippen LogP contribution in [0, 0.1) is 13.8 Å². The van der Waals surface area contributed by atoms with Gasteiger partial charge >= 0.3 is 0 Å². The molecule has 0 bridgehead atoms. The summed E-state index contributed by atoms with van der Waals surface area (Å²) in [5.41, 5.74) is 4.34. The van der Waals surface area contributed by atoms with Gasteiger partial charge in [0.1, 0.15) is 22.0 Å². The fourth-order valence-corrected chi connectivity index (χ4v) is 4.37. The van der Waals surface area contributed by atoms with Crippen LogP contribution in [0.3, 0.4) is 0 Å². The van der Waals surface area contributed by atoms with Crippen molar-refractivity contribution in [1.82, 2.24) is 25.3 Å². The van der Waals surface area contributed by atoms with E-state index in [-0.39, 0.29) is 11.7 Å². The summed E-state index contributed by atoms with van der Waals surface area (Å²) >= 11 is 1.32. The molecule has 8 nitrogen and oxygen atoms in total. The molecule has 0 unspecified atom stereocenters. The molecule has 0 fully saturated rings. The molecular formula is C24H25N5O3S. The van der Waals surface area contributed by atoms with Gasteiger partial charge in [-0.25, -0.2) is 4.68 Å². The summed E-state index contributed by atoms with van der Waals surface area (Å²) in [5, 5.41) is 17.9. The first kappa shape index (κ1) is 22.6. The maximum absolute atomic E-state index is 12.6. The highest BCUT2D eigenvalue weighted by Gasteiger charge is 2.18. The molecule has 0 saturated heterocycles. The number of methoxy groups -OCH3 is 2. The zero-order valence-electron chi connectivity index (χ0n) is 19.0. The van der Waals surface area contributed by atoms with Crippen LogP contribution in [0.25, 0.3) is 16.6 Å². The van der Waals surface area contributed by atoms with Crippen LogP contribution in [0.2, 0.25) is 0 Å². The fourth-order valence-electron chi connectivity index (χ4n) is 3.62. The van der Waals surface area contributed by atoms with Crippen LogP contribution < -0.4 is 14.8 Å². The summed E-state index contributed by atoms with van der Waals surface area (Å²) in [4.78, 5) is 12.6. The molecule has 0 atom stereocenters. The van der Waals surface area contributed by atoms with Crippen LogP contribution in [-0.2, 0) is 11.3 Å². The minimum Gasteiger partial charge on any atom is -0.497 e. The molecule has 1 N–H and O–H groups in total. The highest BCUT2D eigenvalue weighted by Crippen LogP contribution is 2.30. The minimum absolute atomic E-state index is 0.125. The number of benzene rings is 2. The van der Waals surface area contributed by atoms with Crippen LogP contribution >= 0.6 is 11.8 Å². The van der Waals surface area contributed by atoms with Crippen molar-refractivity contribution in [2.24, 2.45) is 0 Å². The number of aryl methyl sites for hydroxylation is 2. The van der Waals surface area contributed by atoms with Crippen molar-refractivity contribution < 1.29 is 14.3 Å². The van der Waals surface area contributed by atoms with Crippen LogP contribution in [0.4, 0.5) is 0 Å². The van der Waals surface area contributed by atoms with Crippen LogP contribution in [0.15, 0.2) is 53.6 Å². The molecule has 2 heterocycles. The van der Waals surface area contributed by atoms with Crippen molar-refractivity contribution >= 4 is 28.6 Å². The van der Waals surface area contributed by atoms with E-state index in [4.69, 9.17) is 14.6 Å². The standard InChI is InChI=1S/C24H25N5O3S/c1-15-22-16(2)29(18-8-6-5-7-9-18)28-23(22)24(27-26-15)33-14-21(30)25-13-17-12-19(31-3)10-11-20(17)32-4/h5-12H,13-14H2,1-4H3,(H,25,30). The predicted octanol–water partition coefficient (Wildman–Crippen LogP) is 3.86. The number of para-hydroxylation sites is 1. The predicted molar refractivity (Wildman–Crippen MR) is 128 cm³/mol. The Morgan fingerprint density at radius 3 is 2.58 bits per heavy atom. The van der Waals surface area contributed by atoms with E-state index in [2.05, 4.69) is 15.5 Å². The topological polar surface area (TPSA) is 91.2 Å². The average molecular weight is 464 g/mol. The molecule has 170 valence electrons. The zero-order valence-corrected chi connectivity index (χ0v) is 19.8. The van der Waals surface area contributed by atoms with E-state index in [0.717, 1.165) is 33.5 Å². The highest BCUT2D eigenvalue weighted by atomic mass is 32.2. The van der Waals surface area contributed by atoms with Crippen molar-refractivity contribution in [1.29, 1.82) is 0 Å². The molecule has 33 heavy (non-hydrogen) atoms. The van der Waals surface area contributed by atoms with E-state index in [1.54, 1.807) is 14.2 Å². The lowest BCUT2D eigenvalue weighted by Gasteiger charge is -2.11. The Labute approximate surface area is 196 Å². The Bertz CT molecular complexity index is 1290. The number of nitrogens with one attached hydrogen (secondary N) is 1. The molecule has 0 radical (unpaired) electrons. The third-order valence-corrected chi connectivity index (χ3v) is 6.23. The number of amides is 1. The molecule has 1 amide bonds. The molecule has 0 spiro atoms. The van der Waals surface area contributed by atoms with Gasteiger partial charge in [0.25, 0.3) is 0 Å². The lowest BCUT2D eigenvalue weighted by atomic mass is 10.2. The maximum atomic E-state index is 12.6. The van der Waals surface area contributed by atoms with Crippen molar-refractivity contribution in [3.05, 3.63) is 65.5 Å². The number of carbonyl (C=O) groups is 1. The Hall–Kier alpha value is -3.59. The molecule has 0 aliphatic rings. The average Bonchev–Trinajstić information content (AvgIpc) is 3.20. The van der Waals surface area contributed by atoms with Gasteiger partial charge < -0.3 is 14.8 Å². The summed E-state index contributed by atoms with van der Waals surface area (Å²) in [5.74, 6) is 1.46. The third kappa shape index (κ3) is 4.78.